The standard InChI is InChI=1S/C11H13Cl/c12-9-7-1-3-10(9)4-2-8-6-11(8,10)5-7/h1,3,7-9H,2,4-6H2/t7-,8+,9+,10-,11-/m1/s1. The van der Waals surface area contributed by atoms with Crippen molar-refractivity contribution in [3.63, 3.8) is 0 Å². The second-order valence-electron chi connectivity index (χ2n) is 5.27. The summed E-state index contributed by atoms with van der Waals surface area (Å²) in [7, 11) is 0. The van der Waals surface area contributed by atoms with Crippen molar-refractivity contribution in [3.05, 3.63) is 12.2 Å². The molecule has 4 rings (SSSR count). The maximum Gasteiger partial charge on any atom is 0.0495 e. The molecule has 0 aromatic heterocycles. The summed E-state index contributed by atoms with van der Waals surface area (Å²) < 4.78 is 0. The molecular weight excluding hydrogens is 168 g/mol. The third kappa shape index (κ3) is 0.403. The van der Waals surface area contributed by atoms with Crippen LogP contribution < -0.4 is 0 Å². The highest BCUT2D eigenvalue weighted by molar-refractivity contribution is 6.22. The first kappa shape index (κ1) is 6.48. The number of alkyl halides is 1. The maximum absolute atomic E-state index is 6.52. The second kappa shape index (κ2) is 1.52. The highest BCUT2D eigenvalue weighted by Crippen LogP contribution is 2.83. The first-order chi connectivity index (χ1) is 5.79. The van der Waals surface area contributed by atoms with Crippen LogP contribution in [0.2, 0.25) is 0 Å². The monoisotopic (exact) mass is 180 g/mol. The normalized spacial score (nSPS) is 69.9. The average Bonchev–Trinajstić information content (AvgIpc) is 2.45. The van der Waals surface area contributed by atoms with Crippen molar-refractivity contribution in [2.24, 2.45) is 22.7 Å². The van der Waals surface area contributed by atoms with E-state index in [9.17, 15) is 0 Å². The van der Waals surface area contributed by atoms with Crippen LogP contribution in [0.4, 0.5) is 0 Å². The van der Waals surface area contributed by atoms with Gasteiger partial charge in [0.2, 0.25) is 0 Å². The predicted molar refractivity (Wildman–Crippen MR) is 49.1 cm³/mol. The van der Waals surface area contributed by atoms with Crippen LogP contribution in [-0.4, -0.2) is 5.38 Å². The van der Waals surface area contributed by atoms with Gasteiger partial charge in [-0.2, -0.15) is 0 Å². The lowest BCUT2D eigenvalue weighted by molar-refractivity contribution is 0.276. The van der Waals surface area contributed by atoms with Gasteiger partial charge in [0.25, 0.3) is 0 Å². The molecule has 4 aliphatic carbocycles. The van der Waals surface area contributed by atoms with Crippen LogP contribution in [0.3, 0.4) is 0 Å². The SMILES string of the molecule is Cl[C@H]1[C@@H]2C=C[C@@]13CC[C@H]1C[C@]13C2. The number of allylic oxidation sites excluding steroid dienone is 2. The van der Waals surface area contributed by atoms with E-state index < -0.39 is 0 Å². The Bertz CT molecular complexity index is 295. The van der Waals surface area contributed by atoms with Gasteiger partial charge < -0.3 is 0 Å². The molecule has 3 fully saturated rings. The van der Waals surface area contributed by atoms with Gasteiger partial charge in [0.05, 0.1) is 0 Å². The number of fused-ring (bicyclic) bond motifs is 1. The van der Waals surface area contributed by atoms with E-state index in [1.54, 1.807) is 0 Å². The first-order valence-corrected chi connectivity index (χ1v) is 5.56. The van der Waals surface area contributed by atoms with E-state index in [1.165, 1.54) is 25.7 Å². The minimum Gasteiger partial charge on any atom is -0.121 e. The lowest BCUT2D eigenvalue weighted by Gasteiger charge is -2.30. The smallest absolute Gasteiger partial charge is 0.0495 e. The molecule has 0 aromatic rings. The van der Waals surface area contributed by atoms with E-state index in [0.29, 0.717) is 10.8 Å². The summed E-state index contributed by atoms with van der Waals surface area (Å²) >= 11 is 6.52. The summed E-state index contributed by atoms with van der Waals surface area (Å²) in [5.41, 5.74) is 1.20. The molecule has 0 N–H and O–H groups in total. The summed E-state index contributed by atoms with van der Waals surface area (Å²) in [6.45, 7) is 0. The fourth-order valence-corrected chi connectivity index (χ4v) is 5.12. The van der Waals surface area contributed by atoms with Crippen molar-refractivity contribution < 1.29 is 0 Å². The van der Waals surface area contributed by atoms with Crippen LogP contribution in [0.5, 0.6) is 0 Å². The Balaban J connectivity index is 1.97. The molecule has 0 radical (unpaired) electrons. The molecule has 2 spiro atoms. The van der Waals surface area contributed by atoms with Gasteiger partial charge in [-0.15, -0.1) is 11.6 Å². The summed E-state index contributed by atoms with van der Waals surface area (Å²) in [6, 6.07) is 0. The zero-order chi connectivity index (χ0) is 7.97. The van der Waals surface area contributed by atoms with Gasteiger partial charge in [-0.25, -0.2) is 0 Å². The molecule has 0 saturated heterocycles. The minimum absolute atomic E-state index is 0.463. The van der Waals surface area contributed by atoms with Gasteiger partial charge in [-0.05, 0) is 42.9 Å². The zero-order valence-electron chi connectivity index (χ0n) is 7.09. The van der Waals surface area contributed by atoms with E-state index in [2.05, 4.69) is 12.2 Å². The highest BCUT2D eigenvalue weighted by atomic mass is 35.5. The van der Waals surface area contributed by atoms with E-state index in [1.807, 2.05) is 0 Å². The molecule has 0 aromatic carbocycles. The van der Waals surface area contributed by atoms with Crippen molar-refractivity contribution in [1.82, 2.24) is 0 Å². The van der Waals surface area contributed by atoms with Crippen LogP contribution in [0.15, 0.2) is 12.2 Å². The van der Waals surface area contributed by atoms with Crippen LogP contribution in [0.1, 0.15) is 25.7 Å². The Morgan fingerprint density at radius 1 is 1.33 bits per heavy atom. The molecular formula is C11H13Cl. The molecule has 0 aliphatic heterocycles. The van der Waals surface area contributed by atoms with Crippen molar-refractivity contribution >= 4 is 11.6 Å². The quantitative estimate of drug-likeness (QED) is 0.397. The first-order valence-electron chi connectivity index (χ1n) is 5.12. The number of hydrogen-bond acceptors (Lipinski definition) is 0. The molecule has 0 amide bonds. The Kier molecular flexibility index (Phi) is 0.820. The van der Waals surface area contributed by atoms with Gasteiger partial charge in [-0.1, -0.05) is 12.2 Å². The second-order valence-corrected chi connectivity index (χ2v) is 5.74. The summed E-state index contributed by atoms with van der Waals surface area (Å²) in [6.07, 6.45) is 10.6. The molecule has 1 heteroatoms. The summed E-state index contributed by atoms with van der Waals surface area (Å²) in [5, 5.41) is 0.463. The Morgan fingerprint density at radius 3 is 2.92 bits per heavy atom. The largest absolute Gasteiger partial charge is 0.121 e. The topological polar surface area (TPSA) is 0 Å². The van der Waals surface area contributed by atoms with Gasteiger partial charge in [-0.3, -0.25) is 0 Å². The van der Waals surface area contributed by atoms with Crippen molar-refractivity contribution in [2.75, 3.05) is 0 Å². The Hall–Kier alpha value is 0.0300. The zero-order valence-corrected chi connectivity index (χ0v) is 7.85. The van der Waals surface area contributed by atoms with Gasteiger partial charge in [0.15, 0.2) is 0 Å². The predicted octanol–water partition coefficient (Wildman–Crippen LogP) is 2.97. The molecule has 0 unspecified atom stereocenters. The van der Waals surface area contributed by atoms with Crippen LogP contribution in [-0.2, 0) is 0 Å². The van der Waals surface area contributed by atoms with Crippen molar-refractivity contribution in [2.45, 2.75) is 31.1 Å². The third-order valence-electron chi connectivity index (χ3n) is 5.17. The lowest BCUT2D eigenvalue weighted by atomic mass is 9.76. The van der Waals surface area contributed by atoms with Crippen molar-refractivity contribution in [1.29, 1.82) is 0 Å². The van der Waals surface area contributed by atoms with E-state index in [0.717, 1.165) is 17.3 Å². The Labute approximate surface area is 78.0 Å². The molecule has 5 atom stereocenters. The van der Waals surface area contributed by atoms with Crippen LogP contribution in [0.25, 0.3) is 0 Å². The summed E-state index contributed by atoms with van der Waals surface area (Å²) in [5.74, 6) is 1.80. The fraction of sp³-hybridized carbons (Fsp3) is 0.818. The number of hydrogen-bond donors (Lipinski definition) is 0. The lowest BCUT2D eigenvalue weighted by Crippen LogP contribution is -2.27. The van der Waals surface area contributed by atoms with E-state index in [4.69, 9.17) is 11.6 Å². The molecule has 0 heterocycles. The number of halogens is 1. The third-order valence-corrected chi connectivity index (χ3v) is 5.89. The molecule has 2 bridgehead atoms. The van der Waals surface area contributed by atoms with E-state index >= 15 is 0 Å². The summed E-state index contributed by atoms with van der Waals surface area (Å²) in [4.78, 5) is 0. The van der Waals surface area contributed by atoms with Crippen molar-refractivity contribution in [3.8, 4) is 0 Å². The fourth-order valence-electron chi connectivity index (χ4n) is 4.55. The number of rotatable bonds is 0. The molecule has 3 saturated carbocycles. The van der Waals surface area contributed by atoms with Crippen LogP contribution in [0, 0.1) is 22.7 Å². The molecule has 64 valence electrons. The molecule has 0 nitrogen and oxygen atoms in total. The van der Waals surface area contributed by atoms with Gasteiger partial charge >= 0.3 is 0 Å². The Morgan fingerprint density at radius 2 is 2.25 bits per heavy atom. The minimum atomic E-state index is 0.463. The molecule has 4 aliphatic rings. The average molecular weight is 181 g/mol. The van der Waals surface area contributed by atoms with Crippen LogP contribution >= 0.6 is 11.6 Å². The van der Waals surface area contributed by atoms with Gasteiger partial charge in [0.1, 0.15) is 0 Å². The van der Waals surface area contributed by atoms with Gasteiger partial charge in [0, 0.05) is 10.8 Å². The molecule has 12 heavy (non-hydrogen) atoms. The highest BCUT2D eigenvalue weighted by Gasteiger charge is 2.77. The maximum atomic E-state index is 6.52. The van der Waals surface area contributed by atoms with E-state index in [-0.39, 0.29) is 0 Å².